The van der Waals surface area contributed by atoms with Crippen molar-refractivity contribution < 1.29 is 4.79 Å². The fraction of sp³-hybridized carbons (Fsp3) is 0.538. The number of benzene rings is 1. The highest BCUT2D eigenvalue weighted by atomic mass is 16.2. The van der Waals surface area contributed by atoms with Gasteiger partial charge in [-0.2, -0.15) is 0 Å². The summed E-state index contributed by atoms with van der Waals surface area (Å²) >= 11 is 0. The Labute approximate surface area is 192 Å². The number of likely N-dealkylation sites (N-methyl/N-ethyl adjacent to an activating group) is 1. The molecule has 0 saturated heterocycles. The monoisotopic (exact) mass is 435 g/mol. The average Bonchev–Trinajstić information content (AvgIpc) is 3.60. The minimum Gasteiger partial charge on any atom is -0.376 e. The highest BCUT2D eigenvalue weighted by Crippen LogP contribution is 2.32. The van der Waals surface area contributed by atoms with Crippen molar-refractivity contribution in [3.8, 4) is 0 Å². The van der Waals surface area contributed by atoms with Crippen LogP contribution in [-0.4, -0.2) is 72.4 Å². The first-order valence-electron chi connectivity index (χ1n) is 11.9. The van der Waals surface area contributed by atoms with Crippen LogP contribution in [0.4, 0.5) is 5.69 Å². The lowest BCUT2D eigenvalue weighted by atomic mass is 9.97. The van der Waals surface area contributed by atoms with Gasteiger partial charge in [0.25, 0.3) is 0 Å². The van der Waals surface area contributed by atoms with Crippen LogP contribution in [0.15, 0.2) is 36.5 Å². The van der Waals surface area contributed by atoms with Gasteiger partial charge in [-0.15, -0.1) is 0 Å². The van der Waals surface area contributed by atoms with Crippen LogP contribution in [-0.2, 0) is 24.3 Å². The fourth-order valence-corrected chi connectivity index (χ4v) is 4.34. The van der Waals surface area contributed by atoms with Crippen molar-refractivity contribution in [3.05, 3.63) is 58.9 Å². The quantitative estimate of drug-likeness (QED) is 0.621. The van der Waals surface area contributed by atoms with Crippen molar-refractivity contribution in [1.29, 1.82) is 0 Å². The first kappa shape index (κ1) is 22.7. The molecule has 1 amide bonds. The average molecular weight is 436 g/mol. The van der Waals surface area contributed by atoms with Crippen molar-refractivity contribution in [2.45, 2.75) is 39.3 Å². The number of pyridine rings is 1. The lowest BCUT2D eigenvalue weighted by Gasteiger charge is -2.30. The molecule has 1 aromatic carbocycles. The summed E-state index contributed by atoms with van der Waals surface area (Å²) in [5, 5.41) is 3.46. The van der Waals surface area contributed by atoms with Gasteiger partial charge < -0.3 is 15.1 Å². The van der Waals surface area contributed by atoms with E-state index in [-0.39, 0.29) is 5.91 Å². The molecule has 32 heavy (non-hydrogen) atoms. The predicted molar refractivity (Wildman–Crippen MR) is 130 cm³/mol. The van der Waals surface area contributed by atoms with Gasteiger partial charge in [-0.25, -0.2) is 0 Å². The second-order valence-electron chi connectivity index (χ2n) is 9.67. The van der Waals surface area contributed by atoms with E-state index in [1.165, 1.54) is 30.5 Å². The lowest BCUT2D eigenvalue weighted by molar-refractivity contribution is -0.130. The molecule has 2 aromatic rings. The number of anilines is 1. The zero-order valence-electron chi connectivity index (χ0n) is 19.8. The van der Waals surface area contributed by atoms with Crippen LogP contribution in [0, 0.1) is 12.8 Å². The molecule has 6 nitrogen and oxygen atoms in total. The van der Waals surface area contributed by atoms with Crippen molar-refractivity contribution in [2.24, 2.45) is 5.92 Å². The zero-order valence-corrected chi connectivity index (χ0v) is 19.8. The molecule has 0 unspecified atom stereocenters. The van der Waals surface area contributed by atoms with Crippen LogP contribution in [0.2, 0.25) is 0 Å². The standard InChI is InChI=1S/C26H37N5O/c1-20-7-10-23(27-15-20)19-31(14-13-29(2)3)26(32)16-28-25-6-4-5-22-18-30(12-11-24(22)25)17-21-8-9-21/h4-7,10,15,21,28H,8-9,11-14,16-19H2,1-3H3. The third-order valence-electron chi connectivity index (χ3n) is 6.48. The number of aromatic nitrogens is 1. The molecule has 4 rings (SSSR count). The number of hydrogen-bond acceptors (Lipinski definition) is 5. The number of nitrogens with zero attached hydrogens (tertiary/aromatic N) is 4. The van der Waals surface area contributed by atoms with E-state index < -0.39 is 0 Å². The number of carbonyl (C=O) groups is 1. The molecule has 0 atom stereocenters. The number of nitrogens with one attached hydrogen (secondary N) is 1. The number of amides is 1. The summed E-state index contributed by atoms with van der Waals surface area (Å²) in [6, 6.07) is 10.5. The van der Waals surface area contributed by atoms with E-state index in [0.29, 0.717) is 19.6 Å². The molecule has 6 heteroatoms. The summed E-state index contributed by atoms with van der Waals surface area (Å²) in [6.45, 7) is 7.78. The van der Waals surface area contributed by atoms with Gasteiger partial charge in [0.15, 0.2) is 0 Å². The summed E-state index contributed by atoms with van der Waals surface area (Å²) in [5.74, 6) is 1.03. The smallest absolute Gasteiger partial charge is 0.242 e. The maximum atomic E-state index is 13.2. The first-order chi connectivity index (χ1) is 15.5. The van der Waals surface area contributed by atoms with Crippen molar-refractivity contribution in [1.82, 2.24) is 19.7 Å². The van der Waals surface area contributed by atoms with E-state index in [1.54, 1.807) is 0 Å². The molecule has 1 aliphatic carbocycles. The molecule has 1 N–H and O–H groups in total. The maximum Gasteiger partial charge on any atom is 0.242 e. The lowest BCUT2D eigenvalue weighted by Crippen LogP contribution is -2.39. The molecular weight excluding hydrogens is 398 g/mol. The van der Waals surface area contributed by atoms with Gasteiger partial charge in [-0.05, 0) is 75.0 Å². The summed E-state index contributed by atoms with van der Waals surface area (Å²) in [6.07, 6.45) is 5.72. The van der Waals surface area contributed by atoms with Gasteiger partial charge in [0.2, 0.25) is 5.91 Å². The van der Waals surface area contributed by atoms with E-state index in [9.17, 15) is 4.79 Å². The molecule has 1 fully saturated rings. The third kappa shape index (κ3) is 6.30. The molecule has 0 bridgehead atoms. The van der Waals surface area contributed by atoms with Gasteiger partial charge in [-0.3, -0.25) is 14.7 Å². The molecule has 2 heterocycles. The molecule has 1 saturated carbocycles. The van der Waals surface area contributed by atoms with Crippen LogP contribution in [0.1, 0.15) is 35.2 Å². The van der Waals surface area contributed by atoms with Gasteiger partial charge in [-0.1, -0.05) is 18.2 Å². The summed E-state index contributed by atoms with van der Waals surface area (Å²) < 4.78 is 0. The molecule has 0 radical (unpaired) electrons. The Kier molecular flexibility index (Phi) is 7.43. The Hall–Kier alpha value is -2.44. The highest BCUT2D eigenvalue weighted by molar-refractivity contribution is 5.81. The Morgan fingerprint density at radius 2 is 2.03 bits per heavy atom. The fourth-order valence-electron chi connectivity index (χ4n) is 4.34. The number of rotatable bonds is 10. The van der Waals surface area contributed by atoms with E-state index in [2.05, 4.69) is 44.4 Å². The molecule has 2 aliphatic rings. The van der Waals surface area contributed by atoms with Crippen LogP contribution >= 0.6 is 0 Å². The number of aryl methyl sites for hydroxylation is 1. The highest BCUT2D eigenvalue weighted by Gasteiger charge is 2.27. The molecule has 1 aromatic heterocycles. The summed E-state index contributed by atoms with van der Waals surface area (Å²) in [4.78, 5) is 24.3. The predicted octanol–water partition coefficient (Wildman–Crippen LogP) is 3.16. The SMILES string of the molecule is Cc1ccc(CN(CCN(C)C)C(=O)CNc2cccc3c2CCN(CC2CC2)C3)nc1. The van der Waals surface area contributed by atoms with Crippen molar-refractivity contribution in [3.63, 3.8) is 0 Å². The Balaban J connectivity index is 1.38. The second-order valence-corrected chi connectivity index (χ2v) is 9.67. The van der Waals surface area contributed by atoms with Crippen molar-refractivity contribution >= 4 is 11.6 Å². The summed E-state index contributed by atoms with van der Waals surface area (Å²) in [7, 11) is 4.07. The van der Waals surface area contributed by atoms with Gasteiger partial charge in [0, 0.05) is 44.6 Å². The van der Waals surface area contributed by atoms with Crippen molar-refractivity contribution in [2.75, 3.05) is 52.1 Å². The Bertz CT molecular complexity index is 907. The Morgan fingerprint density at radius 3 is 2.75 bits per heavy atom. The molecule has 0 spiro atoms. The maximum absolute atomic E-state index is 13.2. The minimum atomic E-state index is 0.109. The van der Waals surface area contributed by atoms with Crippen LogP contribution in [0.3, 0.4) is 0 Å². The normalized spacial score (nSPS) is 16.1. The van der Waals surface area contributed by atoms with Crippen LogP contribution in [0.25, 0.3) is 0 Å². The molecule has 1 aliphatic heterocycles. The van der Waals surface area contributed by atoms with E-state index in [4.69, 9.17) is 0 Å². The molecular formula is C26H37N5O. The summed E-state index contributed by atoms with van der Waals surface area (Å²) in [5.41, 5.74) is 5.96. The zero-order chi connectivity index (χ0) is 22.5. The number of fused-ring (bicyclic) bond motifs is 1. The topological polar surface area (TPSA) is 51.7 Å². The number of carbonyl (C=O) groups excluding carboxylic acids is 1. The molecule has 172 valence electrons. The van der Waals surface area contributed by atoms with E-state index in [1.807, 2.05) is 38.2 Å². The van der Waals surface area contributed by atoms with Gasteiger partial charge in [0.05, 0.1) is 18.8 Å². The van der Waals surface area contributed by atoms with Crippen LogP contribution in [0.5, 0.6) is 0 Å². The second kappa shape index (κ2) is 10.5. The van der Waals surface area contributed by atoms with E-state index >= 15 is 0 Å². The van der Waals surface area contributed by atoms with Gasteiger partial charge in [0.1, 0.15) is 0 Å². The number of hydrogen-bond donors (Lipinski definition) is 1. The Morgan fingerprint density at radius 1 is 1.19 bits per heavy atom. The van der Waals surface area contributed by atoms with E-state index in [0.717, 1.165) is 48.9 Å². The minimum absolute atomic E-state index is 0.109. The third-order valence-corrected chi connectivity index (χ3v) is 6.48. The van der Waals surface area contributed by atoms with Crippen LogP contribution < -0.4 is 5.32 Å². The largest absolute Gasteiger partial charge is 0.376 e. The van der Waals surface area contributed by atoms with Gasteiger partial charge >= 0.3 is 0 Å². The first-order valence-corrected chi connectivity index (χ1v) is 11.9.